The Morgan fingerprint density at radius 2 is 1.95 bits per heavy atom. The SMILES string of the molecule is Cc1ccc([C@H](C)NC(=O)C(N)c2cccs2)cc1. The van der Waals surface area contributed by atoms with Crippen LogP contribution in [0.4, 0.5) is 0 Å². The molecule has 2 atom stereocenters. The number of hydrogen-bond donors (Lipinski definition) is 2. The third-order valence-electron chi connectivity index (χ3n) is 3.07. The van der Waals surface area contributed by atoms with Crippen molar-refractivity contribution in [2.24, 2.45) is 5.73 Å². The van der Waals surface area contributed by atoms with E-state index in [1.54, 1.807) is 0 Å². The molecular formula is C15H18N2OS. The van der Waals surface area contributed by atoms with Crippen LogP contribution in [0.2, 0.25) is 0 Å². The number of thiophene rings is 1. The Morgan fingerprint density at radius 1 is 1.26 bits per heavy atom. The maximum atomic E-state index is 12.1. The minimum absolute atomic E-state index is 0.0425. The van der Waals surface area contributed by atoms with Gasteiger partial charge in [0.05, 0.1) is 6.04 Å². The summed E-state index contributed by atoms with van der Waals surface area (Å²) in [6, 6.07) is 11.3. The highest BCUT2D eigenvalue weighted by Gasteiger charge is 2.18. The van der Waals surface area contributed by atoms with Crippen LogP contribution in [0.5, 0.6) is 0 Å². The zero-order valence-corrected chi connectivity index (χ0v) is 11.9. The Labute approximate surface area is 117 Å². The molecule has 0 aliphatic carbocycles. The Kier molecular flexibility index (Phi) is 4.35. The molecule has 3 N–H and O–H groups in total. The summed E-state index contributed by atoms with van der Waals surface area (Å²) >= 11 is 1.50. The second kappa shape index (κ2) is 5.99. The van der Waals surface area contributed by atoms with Crippen molar-refractivity contribution < 1.29 is 4.79 Å². The smallest absolute Gasteiger partial charge is 0.242 e. The molecule has 0 spiro atoms. The van der Waals surface area contributed by atoms with Gasteiger partial charge in [0, 0.05) is 4.88 Å². The Balaban J connectivity index is 2.00. The van der Waals surface area contributed by atoms with Gasteiger partial charge in [-0.05, 0) is 30.9 Å². The first kappa shape index (κ1) is 13.8. The molecule has 0 saturated heterocycles. The van der Waals surface area contributed by atoms with E-state index < -0.39 is 6.04 Å². The molecule has 1 aromatic heterocycles. The predicted octanol–water partition coefficient (Wildman–Crippen LogP) is 2.93. The number of carbonyl (C=O) groups is 1. The highest BCUT2D eigenvalue weighted by molar-refractivity contribution is 7.10. The molecule has 0 fully saturated rings. The number of nitrogens with one attached hydrogen (secondary N) is 1. The summed E-state index contributed by atoms with van der Waals surface area (Å²) in [6.07, 6.45) is 0. The molecule has 0 aliphatic heterocycles. The Morgan fingerprint density at radius 3 is 2.53 bits per heavy atom. The van der Waals surface area contributed by atoms with Crippen molar-refractivity contribution in [2.45, 2.75) is 25.9 Å². The molecule has 0 saturated carbocycles. The number of nitrogens with two attached hydrogens (primary N) is 1. The molecule has 19 heavy (non-hydrogen) atoms. The highest BCUT2D eigenvalue weighted by atomic mass is 32.1. The lowest BCUT2D eigenvalue weighted by molar-refractivity contribution is -0.123. The summed E-state index contributed by atoms with van der Waals surface area (Å²) in [5, 5.41) is 4.87. The maximum absolute atomic E-state index is 12.1. The number of aryl methyl sites for hydroxylation is 1. The summed E-state index contributed by atoms with van der Waals surface area (Å²) < 4.78 is 0. The molecular weight excluding hydrogens is 256 g/mol. The van der Waals surface area contributed by atoms with Crippen molar-refractivity contribution in [3.8, 4) is 0 Å². The van der Waals surface area contributed by atoms with E-state index in [1.807, 2.05) is 55.6 Å². The van der Waals surface area contributed by atoms with E-state index in [9.17, 15) is 4.79 Å². The molecule has 2 rings (SSSR count). The zero-order valence-electron chi connectivity index (χ0n) is 11.1. The van der Waals surface area contributed by atoms with Crippen molar-refractivity contribution in [1.29, 1.82) is 0 Å². The number of amides is 1. The largest absolute Gasteiger partial charge is 0.348 e. The molecule has 0 bridgehead atoms. The van der Waals surface area contributed by atoms with Crippen LogP contribution in [0.15, 0.2) is 41.8 Å². The van der Waals surface area contributed by atoms with Crippen molar-refractivity contribution >= 4 is 17.2 Å². The van der Waals surface area contributed by atoms with E-state index in [1.165, 1.54) is 16.9 Å². The van der Waals surface area contributed by atoms with Gasteiger partial charge in [-0.2, -0.15) is 0 Å². The molecule has 2 aromatic rings. The minimum atomic E-state index is -0.590. The van der Waals surface area contributed by atoms with Crippen LogP contribution < -0.4 is 11.1 Å². The molecule has 1 unspecified atom stereocenters. The molecule has 0 radical (unpaired) electrons. The van der Waals surface area contributed by atoms with Crippen LogP contribution in [0.3, 0.4) is 0 Å². The van der Waals surface area contributed by atoms with Gasteiger partial charge in [0.1, 0.15) is 6.04 Å². The van der Waals surface area contributed by atoms with Crippen LogP contribution >= 0.6 is 11.3 Å². The lowest BCUT2D eigenvalue weighted by Crippen LogP contribution is -2.35. The van der Waals surface area contributed by atoms with Gasteiger partial charge in [-0.3, -0.25) is 4.79 Å². The lowest BCUT2D eigenvalue weighted by Gasteiger charge is -2.17. The standard InChI is InChI=1S/C15H18N2OS/c1-10-5-7-12(8-6-10)11(2)17-15(18)14(16)13-4-3-9-19-13/h3-9,11,14H,16H2,1-2H3,(H,17,18)/t11-,14?/m0/s1. The van der Waals surface area contributed by atoms with Crippen LogP contribution in [0.1, 0.15) is 35.0 Å². The van der Waals surface area contributed by atoms with E-state index in [2.05, 4.69) is 5.32 Å². The van der Waals surface area contributed by atoms with Crippen molar-refractivity contribution in [2.75, 3.05) is 0 Å². The summed E-state index contributed by atoms with van der Waals surface area (Å²) in [7, 11) is 0. The van der Waals surface area contributed by atoms with Crippen LogP contribution in [0.25, 0.3) is 0 Å². The van der Waals surface area contributed by atoms with Gasteiger partial charge in [0.2, 0.25) is 5.91 Å². The molecule has 0 aliphatic rings. The molecule has 1 amide bonds. The number of hydrogen-bond acceptors (Lipinski definition) is 3. The van der Waals surface area contributed by atoms with Crippen molar-refractivity contribution in [1.82, 2.24) is 5.32 Å². The molecule has 1 heterocycles. The number of rotatable bonds is 4. The first-order valence-electron chi connectivity index (χ1n) is 6.24. The fourth-order valence-electron chi connectivity index (χ4n) is 1.84. The average molecular weight is 274 g/mol. The van der Waals surface area contributed by atoms with E-state index in [0.29, 0.717) is 0 Å². The number of carbonyl (C=O) groups excluding carboxylic acids is 1. The fraction of sp³-hybridized carbons (Fsp3) is 0.267. The van der Waals surface area contributed by atoms with Crippen LogP contribution in [0, 0.1) is 6.92 Å². The summed E-state index contributed by atoms with van der Waals surface area (Å²) in [5.74, 6) is -0.143. The van der Waals surface area contributed by atoms with Gasteiger partial charge in [-0.1, -0.05) is 35.9 Å². The average Bonchev–Trinajstić information content (AvgIpc) is 2.92. The normalized spacial score (nSPS) is 13.8. The van der Waals surface area contributed by atoms with E-state index in [4.69, 9.17) is 5.73 Å². The van der Waals surface area contributed by atoms with Gasteiger partial charge < -0.3 is 11.1 Å². The summed E-state index contributed by atoms with van der Waals surface area (Å²) in [6.45, 7) is 4.00. The first-order valence-corrected chi connectivity index (χ1v) is 7.12. The summed E-state index contributed by atoms with van der Waals surface area (Å²) in [4.78, 5) is 12.9. The Hall–Kier alpha value is -1.65. The van der Waals surface area contributed by atoms with Crippen LogP contribution in [-0.4, -0.2) is 5.91 Å². The van der Waals surface area contributed by atoms with Gasteiger partial charge >= 0.3 is 0 Å². The van der Waals surface area contributed by atoms with Gasteiger partial charge in [-0.25, -0.2) is 0 Å². The topological polar surface area (TPSA) is 55.1 Å². The van der Waals surface area contributed by atoms with Crippen LogP contribution in [-0.2, 0) is 4.79 Å². The van der Waals surface area contributed by atoms with E-state index >= 15 is 0 Å². The van der Waals surface area contributed by atoms with E-state index in [0.717, 1.165) is 10.4 Å². The molecule has 4 heteroatoms. The third-order valence-corrected chi connectivity index (χ3v) is 4.02. The lowest BCUT2D eigenvalue weighted by atomic mass is 10.1. The van der Waals surface area contributed by atoms with Gasteiger partial charge in [0.15, 0.2) is 0 Å². The molecule has 100 valence electrons. The molecule has 3 nitrogen and oxygen atoms in total. The number of benzene rings is 1. The second-order valence-corrected chi connectivity index (χ2v) is 5.61. The molecule has 1 aromatic carbocycles. The third kappa shape index (κ3) is 3.43. The first-order chi connectivity index (χ1) is 9.08. The quantitative estimate of drug-likeness (QED) is 0.900. The minimum Gasteiger partial charge on any atom is -0.348 e. The second-order valence-electron chi connectivity index (χ2n) is 4.63. The fourth-order valence-corrected chi connectivity index (χ4v) is 2.56. The zero-order chi connectivity index (χ0) is 13.8. The highest BCUT2D eigenvalue weighted by Crippen LogP contribution is 2.19. The summed E-state index contributed by atoms with van der Waals surface area (Å²) in [5.41, 5.74) is 8.22. The van der Waals surface area contributed by atoms with Crippen molar-refractivity contribution in [3.63, 3.8) is 0 Å². The monoisotopic (exact) mass is 274 g/mol. The van der Waals surface area contributed by atoms with Gasteiger partial charge in [0.25, 0.3) is 0 Å². The van der Waals surface area contributed by atoms with Gasteiger partial charge in [-0.15, -0.1) is 11.3 Å². The van der Waals surface area contributed by atoms with E-state index in [-0.39, 0.29) is 11.9 Å². The maximum Gasteiger partial charge on any atom is 0.242 e. The predicted molar refractivity (Wildman–Crippen MR) is 79.0 cm³/mol. The van der Waals surface area contributed by atoms with Crippen molar-refractivity contribution in [3.05, 3.63) is 57.8 Å². The Bertz CT molecular complexity index is 534.